The highest BCUT2D eigenvalue weighted by atomic mass is 16.5. The summed E-state index contributed by atoms with van der Waals surface area (Å²) in [5.74, 6) is 1.22. The summed E-state index contributed by atoms with van der Waals surface area (Å²) >= 11 is 0. The molecule has 1 N–H and O–H groups in total. The van der Waals surface area contributed by atoms with E-state index in [1.54, 1.807) is 25.1 Å². The normalized spacial score (nSPS) is 10.8. The Morgan fingerprint density at radius 2 is 2.07 bits per heavy atom. The molecule has 0 saturated carbocycles. The van der Waals surface area contributed by atoms with Gasteiger partial charge >= 0.3 is 0 Å². The van der Waals surface area contributed by atoms with E-state index in [9.17, 15) is 4.79 Å². The zero-order chi connectivity index (χ0) is 19.2. The molecule has 0 spiro atoms. The van der Waals surface area contributed by atoms with Crippen LogP contribution in [-0.2, 0) is 13.2 Å². The molecule has 8 nitrogen and oxygen atoms in total. The average molecular weight is 369 g/mol. The van der Waals surface area contributed by atoms with Gasteiger partial charge in [0.2, 0.25) is 11.7 Å². The highest BCUT2D eigenvalue weighted by Crippen LogP contribution is 2.19. The van der Waals surface area contributed by atoms with Crippen molar-refractivity contribution >= 4 is 5.91 Å². The molecule has 27 heavy (non-hydrogen) atoms. The largest absolute Gasteiger partial charge is 0.485 e. The van der Waals surface area contributed by atoms with Gasteiger partial charge in [-0.2, -0.15) is 10.1 Å². The third kappa shape index (κ3) is 4.93. The molecule has 1 aromatic carbocycles. The number of hydrogen-bond donors (Lipinski definition) is 1. The van der Waals surface area contributed by atoms with Crippen LogP contribution >= 0.6 is 0 Å². The van der Waals surface area contributed by atoms with Gasteiger partial charge in [0.05, 0.1) is 11.3 Å². The summed E-state index contributed by atoms with van der Waals surface area (Å²) in [6.45, 7) is 7.16. The lowest BCUT2D eigenvalue weighted by Gasteiger charge is -2.11. The monoisotopic (exact) mass is 369 g/mol. The number of hydrogen-bond acceptors (Lipinski definition) is 6. The van der Waals surface area contributed by atoms with Crippen LogP contribution in [0.1, 0.15) is 39.9 Å². The molecule has 0 unspecified atom stereocenters. The number of carbonyl (C=O) groups excluding carboxylic acids is 1. The fourth-order valence-electron chi connectivity index (χ4n) is 2.75. The van der Waals surface area contributed by atoms with Crippen molar-refractivity contribution in [2.75, 3.05) is 6.54 Å². The average Bonchev–Trinajstić information content (AvgIpc) is 3.21. The lowest BCUT2D eigenvalue weighted by Crippen LogP contribution is -2.26. The minimum Gasteiger partial charge on any atom is -0.485 e. The highest BCUT2D eigenvalue weighted by Gasteiger charge is 2.13. The van der Waals surface area contributed by atoms with Crippen molar-refractivity contribution in [2.45, 2.75) is 40.3 Å². The van der Waals surface area contributed by atoms with Crippen molar-refractivity contribution < 1.29 is 14.1 Å². The van der Waals surface area contributed by atoms with Crippen LogP contribution in [0.2, 0.25) is 0 Å². The minimum atomic E-state index is -0.178. The van der Waals surface area contributed by atoms with E-state index >= 15 is 0 Å². The van der Waals surface area contributed by atoms with Crippen molar-refractivity contribution in [3.63, 3.8) is 0 Å². The van der Waals surface area contributed by atoms with Gasteiger partial charge in [0.1, 0.15) is 5.75 Å². The first-order valence-corrected chi connectivity index (χ1v) is 8.83. The number of aryl methyl sites for hydroxylation is 4. The fourth-order valence-corrected chi connectivity index (χ4v) is 2.75. The Morgan fingerprint density at radius 1 is 1.26 bits per heavy atom. The van der Waals surface area contributed by atoms with Gasteiger partial charge in [-0.25, -0.2) is 0 Å². The molecule has 3 aromatic rings. The maximum atomic E-state index is 12.5. The molecule has 0 aliphatic rings. The molecule has 2 aromatic heterocycles. The summed E-state index contributed by atoms with van der Waals surface area (Å²) < 4.78 is 12.6. The van der Waals surface area contributed by atoms with E-state index in [1.807, 2.05) is 30.7 Å². The predicted octanol–water partition coefficient (Wildman–Crippen LogP) is 2.59. The molecule has 0 atom stereocenters. The van der Waals surface area contributed by atoms with Crippen LogP contribution in [0.5, 0.6) is 5.75 Å². The summed E-state index contributed by atoms with van der Waals surface area (Å²) in [5, 5.41) is 11.1. The van der Waals surface area contributed by atoms with Gasteiger partial charge in [0.15, 0.2) is 6.61 Å². The Hall–Kier alpha value is -3.16. The van der Waals surface area contributed by atoms with Gasteiger partial charge in [0, 0.05) is 25.7 Å². The van der Waals surface area contributed by atoms with Crippen LogP contribution in [0.15, 0.2) is 34.9 Å². The number of nitrogens with zero attached hydrogens (tertiary/aromatic N) is 4. The number of carbonyl (C=O) groups is 1. The molecule has 1 amide bonds. The van der Waals surface area contributed by atoms with Gasteiger partial charge in [-0.15, -0.1) is 0 Å². The molecule has 0 aliphatic heterocycles. The number of ether oxygens (including phenoxy) is 1. The Kier molecular flexibility index (Phi) is 5.85. The summed E-state index contributed by atoms with van der Waals surface area (Å²) in [4.78, 5) is 16.6. The molecular weight excluding hydrogens is 346 g/mol. The van der Waals surface area contributed by atoms with Crippen molar-refractivity contribution in [3.05, 3.63) is 59.0 Å². The third-order valence-corrected chi connectivity index (χ3v) is 3.99. The van der Waals surface area contributed by atoms with E-state index in [0.717, 1.165) is 24.4 Å². The molecule has 0 bridgehead atoms. The van der Waals surface area contributed by atoms with Crippen LogP contribution in [0.3, 0.4) is 0 Å². The van der Waals surface area contributed by atoms with E-state index < -0.39 is 0 Å². The van der Waals surface area contributed by atoms with Crippen molar-refractivity contribution in [2.24, 2.45) is 0 Å². The number of nitrogens with one attached hydrogen (secondary N) is 1. The Bertz CT molecular complexity index is 916. The molecule has 142 valence electrons. The molecule has 0 radical (unpaired) electrons. The fraction of sp³-hybridized carbons (Fsp3) is 0.368. The van der Waals surface area contributed by atoms with E-state index in [0.29, 0.717) is 29.6 Å². The van der Waals surface area contributed by atoms with Gasteiger partial charge in [0.25, 0.3) is 5.91 Å². The third-order valence-electron chi connectivity index (χ3n) is 3.99. The lowest BCUT2D eigenvalue weighted by atomic mass is 10.2. The number of amides is 1. The molecule has 2 heterocycles. The Morgan fingerprint density at radius 3 is 2.78 bits per heavy atom. The second-order valence-corrected chi connectivity index (χ2v) is 6.27. The maximum absolute atomic E-state index is 12.5. The first-order chi connectivity index (χ1) is 13.0. The summed E-state index contributed by atoms with van der Waals surface area (Å²) in [5.41, 5.74) is 2.59. The lowest BCUT2D eigenvalue weighted by molar-refractivity contribution is 0.0948. The quantitative estimate of drug-likeness (QED) is 0.613. The molecule has 8 heteroatoms. The highest BCUT2D eigenvalue weighted by molar-refractivity contribution is 5.96. The number of benzene rings is 1. The number of rotatable bonds is 8. The van der Waals surface area contributed by atoms with E-state index in [2.05, 4.69) is 20.6 Å². The van der Waals surface area contributed by atoms with Gasteiger partial charge < -0.3 is 14.6 Å². The van der Waals surface area contributed by atoms with E-state index in [-0.39, 0.29) is 12.5 Å². The van der Waals surface area contributed by atoms with E-state index in [1.165, 1.54) is 0 Å². The number of aromatic nitrogens is 4. The van der Waals surface area contributed by atoms with Crippen molar-refractivity contribution in [3.8, 4) is 5.75 Å². The first kappa shape index (κ1) is 18.6. The summed E-state index contributed by atoms with van der Waals surface area (Å²) in [6, 6.07) is 9.13. The SMILES string of the molecule is Cc1cc(C)n(CCCNC(=O)c2ccccc2OCc2noc(C)n2)n1. The Labute approximate surface area is 157 Å². The van der Waals surface area contributed by atoms with Crippen LogP contribution in [0.25, 0.3) is 0 Å². The van der Waals surface area contributed by atoms with Crippen LogP contribution < -0.4 is 10.1 Å². The molecule has 3 rings (SSSR count). The van der Waals surface area contributed by atoms with Gasteiger partial charge in [-0.1, -0.05) is 17.3 Å². The van der Waals surface area contributed by atoms with Gasteiger partial charge in [-0.05, 0) is 38.5 Å². The maximum Gasteiger partial charge on any atom is 0.255 e. The predicted molar refractivity (Wildman–Crippen MR) is 98.5 cm³/mol. The van der Waals surface area contributed by atoms with Crippen LogP contribution in [-0.4, -0.2) is 32.4 Å². The number of para-hydroxylation sites is 1. The van der Waals surface area contributed by atoms with Crippen molar-refractivity contribution in [1.29, 1.82) is 0 Å². The summed E-state index contributed by atoms with van der Waals surface area (Å²) in [7, 11) is 0. The second kappa shape index (κ2) is 8.48. The standard InChI is InChI=1S/C19H23N5O3/c1-13-11-14(2)24(22-13)10-6-9-20-19(25)16-7-4-5-8-17(16)26-12-18-21-15(3)27-23-18/h4-5,7-8,11H,6,9-10,12H2,1-3H3,(H,20,25). The molecule has 0 fully saturated rings. The second-order valence-electron chi connectivity index (χ2n) is 6.27. The molecule has 0 aliphatic carbocycles. The molecular formula is C19H23N5O3. The first-order valence-electron chi connectivity index (χ1n) is 8.83. The van der Waals surface area contributed by atoms with E-state index in [4.69, 9.17) is 9.26 Å². The minimum absolute atomic E-state index is 0.138. The van der Waals surface area contributed by atoms with Gasteiger partial charge in [-0.3, -0.25) is 9.48 Å². The van der Waals surface area contributed by atoms with Crippen molar-refractivity contribution in [1.82, 2.24) is 25.2 Å². The zero-order valence-corrected chi connectivity index (χ0v) is 15.7. The Balaban J connectivity index is 1.52. The smallest absolute Gasteiger partial charge is 0.255 e. The zero-order valence-electron chi connectivity index (χ0n) is 15.7. The summed E-state index contributed by atoms with van der Waals surface area (Å²) in [6.07, 6.45) is 0.791. The topological polar surface area (TPSA) is 95.1 Å². The van der Waals surface area contributed by atoms with Crippen LogP contribution in [0, 0.1) is 20.8 Å². The molecule has 0 saturated heterocycles. The van der Waals surface area contributed by atoms with Crippen LogP contribution in [0.4, 0.5) is 0 Å².